The van der Waals surface area contributed by atoms with Crippen LogP contribution in [-0.2, 0) is 17.7 Å². The van der Waals surface area contributed by atoms with Gasteiger partial charge in [-0.3, -0.25) is 0 Å². The highest BCUT2D eigenvalue weighted by molar-refractivity contribution is 5.71. The van der Waals surface area contributed by atoms with Gasteiger partial charge in [-0.15, -0.1) is 0 Å². The summed E-state index contributed by atoms with van der Waals surface area (Å²) in [5.74, 6) is 1.87. The quantitative estimate of drug-likeness (QED) is 0.940. The van der Waals surface area contributed by atoms with E-state index in [-0.39, 0.29) is 0 Å². The van der Waals surface area contributed by atoms with Crippen LogP contribution in [0.1, 0.15) is 31.5 Å². The Morgan fingerprint density at radius 3 is 3.14 bits per heavy atom. The number of imidazole rings is 1. The zero-order valence-electron chi connectivity index (χ0n) is 13.0. The number of hydrogen-bond acceptors (Lipinski definition) is 4. The summed E-state index contributed by atoms with van der Waals surface area (Å²) in [5.41, 5.74) is 2.02. The maximum atomic E-state index is 5.94. The Morgan fingerprint density at radius 1 is 1.32 bits per heavy atom. The zero-order valence-corrected chi connectivity index (χ0v) is 13.0. The SMILES string of the molecule is c1cnc2c(c1)nc(CC1CCNC1)n2CC1CCCCO1. The predicted molar refractivity (Wildman–Crippen MR) is 85.8 cm³/mol. The molecule has 2 saturated heterocycles. The summed E-state index contributed by atoms with van der Waals surface area (Å²) in [4.78, 5) is 9.43. The molecule has 2 atom stereocenters. The van der Waals surface area contributed by atoms with E-state index in [0.29, 0.717) is 12.0 Å². The Bertz CT molecular complexity index is 627. The summed E-state index contributed by atoms with van der Waals surface area (Å²) in [5, 5.41) is 3.45. The van der Waals surface area contributed by atoms with E-state index in [4.69, 9.17) is 9.72 Å². The Morgan fingerprint density at radius 2 is 2.32 bits per heavy atom. The number of hydrogen-bond donors (Lipinski definition) is 1. The lowest BCUT2D eigenvalue weighted by Crippen LogP contribution is -2.26. The van der Waals surface area contributed by atoms with Gasteiger partial charge in [-0.05, 0) is 56.8 Å². The lowest BCUT2D eigenvalue weighted by Gasteiger charge is -2.24. The van der Waals surface area contributed by atoms with Gasteiger partial charge in [-0.25, -0.2) is 9.97 Å². The molecule has 0 saturated carbocycles. The normalized spacial score (nSPS) is 25.8. The first-order valence-corrected chi connectivity index (χ1v) is 8.52. The Labute approximate surface area is 131 Å². The van der Waals surface area contributed by atoms with Gasteiger partial charge in [0, 0.05) is 19.2 Å². The largest absolute Gasteiger partial charge is 0.376 e. The average Bonchev–Trinajstić information content (AvgIpc) is 3.18. The van der Waals surface area contributed by atoms with Crippen molar-refractivity contribution in [2.24, 2.45) is 5.92 Å². The molecule has 2 unspecified atom stereocenters. The lowest BCUT2D eigenvalue weighted by atomic mass is 10.0. The number of nitrogens with zero attached hydrogens (tertiary/aromatic N) is 3. The Hall–Kier alpha value is -1.46. The van der Waals surface area contributed by atoms with Crippen LogP contribution < -0.4 is 5.32 Å². The van der Waals surface area contributed by atoms with E-state index in [1.807, 2.05) is 12.3 Å². The third-order valence-electron chi connectivity index (χ3n) is 4.88. The molecular formula is C17H24N4O. The molecule has 0 spiro atoms. The van der Waals surface area contributed by atoms with Crippen LogP contribution in [0, 0.1) is 5.92 Å². The molecule has 1 N–H and O–H groups in total. The van der Waals surface area contributed by atoms with Gasteiger partial charge in [0.25, 0.3) is 0 Å². The number of rotatable bonds is 4. The number of aromatic nitrogens is 3. The zero-order chi connectivity index (χ0) is 14.8. The Kier molecular flexibility index (Phi) is 4.08. The van der Waals surface area contributed by atoms with E-state index in [1.165, 1.54) is 25.1 Å². The second kappa shape index (κ2) is 6.34. The van der Waals surface area contributed by atoms with Crippen molar-refractivity contribution in [3.8, 4) is 0 Å². The number of fused-ring (bicyclic) bond motifs is 1. The fraction of sp³-hybridized carbons (Fsp3) is 0.647. The van der Waals surface area contributed by atoms with Crippen LogP contribution in [0.15, 0.2) is 18.3 Å². The summed E-state index contributed by atoms with van der Waals surface area (Å²) >= 11 is 0. The molecule has 2 aromatic rings. The smallest absolute Gasteiger partial charge is 0.160 e. The van der Waals surface area contributed by atoms with Crippen molar-refractivity contribution in [1.29, 1.82) is 0 Å². The standard InChI is InChI=1S/C17H24N4O/c1-2-9-22-14(4-1)12-21-16(10-13-6-8-18-11-13)20-15-5-3-7-19-17(15)21/h3,5,7,13-14,18H,1-2,4,6,8-12H2. The third kappa shape index (κ3) is 2.88. The molecule has 2 fully saturated rings. The second-order valence-electron chi connectivity index (χ2n) is 6.54. The summed E-state index contributed by atoms with van der Waals surface area (Å²) in [6.07, 6.45) is 8.08. The highest BCUT2D eigenvalue weighted by Gasteiger charge is 2.22. The van der Waals surface area contributed by atoms with Crippen LogP contribution in [0.2, 0.25) is 0 Å². The van der Waals surface area contributed by atoms with E-state index in [2.05, 4.69) is 20.9 Å². The molecule has 22 heavy (non-hydrogen) atoms. The molecule has 2 aliphatic rings. The van der Waals surface area contributed by atoms with Crippen molar-refractivity contribution in [2.75, 3.05) is 19.7 Å². The van der Waals surface area contributed by atoms with E-state index in [1.54, 1.807) is 0 Å². The first-order valence-electron chi connectivity index (χ1n) is 8.52. The first kappa shape index (κ1) is 14.2. The second-order valence-corrected chi connectivity index (χ2v) is 6.54. The van der Waals surface area contributed by atoms with Crippen molar-refractivity contribution in [2.45, 2.75) is 44.8 Å². The topological polar surface area (TPSA) is 52.0 Å². The monoisotopic (exact) mass is 300 g/mol. The van der Waals surface area contributed by atoms with Crippen molar-refractivity contribution in [3.05, 3.63) is 24.2 Å². The number of nitrogens with one attached hydrogen (secondary N) is 1. The van der Waals surface area contributed by atoms with Crippen molar-refractivity contribution >= 4 is 11.2 Å². The molecule has 5 nitrogen and oxygen atoms in total. The molecule has 0 bridgehead atoms. The van der Waals surface area contributed by atoms with Gasteiger partial charge in [0.1, 0.15) is 11.3 Å². The van der Waals surface area contributed by atoms with Crippen molar-refractivity contribution in [1.82, 2.24) is 19.9 Å². The summed E-state index contributed by atoms with van der Waals surface area (Å²) < 4.78 is 8.25. The Balaban J connectivity index is 1.63. The van der Waals surface area contributed by atoms with Crippen LogP contribution in [0.3, 0.4) is 0 Å². The molecule has 2 aromatic heterocycles. The maximum Gasteiger partial charge on any atom is 0.160 e. The molecule has 0 aliphatic carbocycles. The fourth-order valence-corrected chi connectivity index (χ4v) is 3.65. The number of pyridine rings is 1. The molecule has 0 radical (unpaired) electrons. The van der Waals surface area contributed by atoms with Crippen LogP contribution in [-0.4, -0.2) is 40.3 Å². The van der Waals surface area contributed by atoms with Gasteiger partial charge < -0.3 is 14.6 Å². The van der Waals surface area contributed by atoms with Gasteiger partial charge in [0.2, 0.25) is 0 Å². The van der Waals surface area contributed by atoms with Crippen LogP contribution >= 0.6 is 0 Å². The van der Waals surface area contributed by atoms with Crippen LogP contribution in [0.5, 0.6) is 0 Å². The van der Waals surface area contributed by atoms with Crippen molar-refractivity contribution < 1.29 is 4.74 Å². The molecule has 118 valence electrons. The summed E-state index contributed by atoms with van der Waals surface area (Å²) in [6.45, 7) is 4.03. The highest BCUT2D eigenvalue weighted by Crippen LogP contribution is 2.22. The third-order valence-corrected chi connectivity index (χ3v) is 4.88. The molecule has 5 heteroatoms. The predicted octanol–water partition coefficient (Wildman–Crippen LogP) is 2.15. The molecule has 4 rings (SSSR count). The molecule has 0 amide bonds. The summed E-state index contributed by atoms with van der Waals surface area (Å²) in [7, 11) is 0. The maximum absolute atomic E-state index is 5.94. The minimum Gasteiger partial charge on any atom is -0.376 e. The van der Waals surface area contributed by atoms with Gasteiger partial charge in [0.15, 0.2) is 5.65 Å². The van der Waals surface area contributed by atoms with E-state index in [9.17, 15) is 0 Å². The highest BCUT2D eigenvalue weighted by atomic mass is 16.5. The minimum absolute atomic E-state index is 0.314. The van der Waals surface area contributed by atoms with E-state index >= 15 is 0 Å². The van der Waals surface area contributed by atoms with Gasteiger partial charge in [-0.2, -0.15) is 0 Å². The van der Waals surface area contributed by atoms with Gasteiger partial charge in [-0.1, -0.05) is 0 Å². The van der Waals surface area contributed by atoms with Crippen LogP contribution in [0.25, 0.3) is 11.2 Å². The fourth-order valence-electron chi connectivity index (χ4n) is 3.65. The molecule has 4 heterocycles. The first-order chi connectivity index (χ1) is 10.9. The van der Waals surface area contributed by atoms with Gasteiger partial charge >= 0.3 is 0 Å². The van der Waals surface area contributed by atoms with Crippen molar-refractivity contribution in [3.63, 3.8) is 0 Å². The van der Waals surface area contributed by atoms with Crippen LogP contribution in [0.4, 0.5) is 0 Å². The average molecular weight is 300 g/mol. The molecule has 2 aliphatic heterocycles. The lowest BCUT2D eigenvalue weighted by molar-refractivity contribution is 0.00603. The van der Waals surface area contributed by atoms with E-state index in [0.717, 1.165) is 50.2 Å². The van der Waals surface area contributed by atoms with Gasteiger partial charge in [0.05, 0.1) is 12.6 Å². The molecular weight excluding hydrogens is 276 g/mol. The summed E-state index contributed by atoms with van der Waals surface area (Å²) in [6, 6.07) is 4.04. The number of ether oxygens (including phenoxy) is 1. The molecule has 0 aromatic carbocycles. The minimum atomic E-state index is 0.314. The van der Waals surface area contributed by atoms with E-state index < -0.39 is 0 Å².